The van der Waals surface area contributed by atoms with Gasteiger partial charge in [-0.3, -0.25) is 4.79 Å². The highest BCUT2D eigenvalue weighted by Gasteiger charge is 2.37. The van der Waals surface area contributed by atoms with Crippen molar-refractivity contribution >= 4 is 28.4 Å². The van der Waals surface area contributed by atoms with Crippen molar-refractivity contribution in [3.63, 3.8) is 0 Å². The van der Waals surface area contributed by atoms with Crippen molar-refractivity contribution in [2.75, 3.05) is 0 Å². The Hall–Kier alpha value is -3.56. The predicted octanol–water partition coefficient (Wildman–Crippen LogP) is 4.89. The summed E-state index contributed by atoms with van der Waals surface area (Å²) in [5, 5.41) is 15.5. The fourth-order valence-corrected chi connectivity index (χ4v) is 4.35. The molecule has 10 heteroatoms. The summed E-state index contributed by atoms with van der Waals surface area (Å²) in [6.45, 7) is 6.15. The van der Waals surface area contributed by atoms with E-state index in [-0.39, 0.29) is 17.2 Å². The highest BCUT2D eigenvalue weighted by Crippen LogP contribution is 2.36. The van der Waals surface area contributed by atoms with Gasteiger partial charge in [0.25, 0.3) is 0 Å². The maximum absolute atomic E-state index is 14.2. The Bertz CT molecular complexity index is 1490. The summed E-state index contributed by atoms with van der Waals surface area (Å²) in [4.78, 5) is 16.4. The van der Waals surface area contributed by atoms with Crippen LogP contribution in [-0.2, 0) is 11.4 Å². The van der Waals surface area contributed by atoms with Crippen LogP contribution in [0.2, 0.25) is 5.02 Å². The third kappa shape index (κ3) is 4.52. The number of carbonyl (C=O) groups is 1. The molecule has 0 aliphatic rings. The summed E-state index contributed by atoms with van der Waals surface area (Å²) in [5.74, 6) is -2.47. The molecular formula is C26H25ClF2N4O3. The lowest BCUT2D eigenvalue weighted by Gasteiger charge is -2.29. The fraction of sp³-hybridized carbons (Fsp3) is 0.269. The van der Waals surface area contributed by atoms with Crippen LogP contribution in [0.25, 0.3) is 16.6 Å². The molecule has 2 atom stereocenters. The van der Waals surface area contributed by atoms with E-state index >= 15 is 0 Å². The van der Waals surface area contributed by atoms with Crippen molar-refractivity contribution in [1.29, 1.82) is 0 Å². The highest BCUT2D eigenvalue weighted by atomic mass is 35.5. The SMILES string of the molecule is Cc1cc(-n2ncc(F)c2C)c2cccc(OCc3c(Cl)cc(F)cc3[C@H](C)C(C)(O)C(N)=O)c2n1. The van der Waals surface area contributed by atoms with Crippen molar-refractivity contribution in [3.05, 3.63) is 81.8 Å². The highest BCUT2D eigenvalue weighted by molar-refractivity contribution is 6.31. The molecule has 0 aliphatic heterocycles. The van der Waals surface area contributed by atoms with E-state index in [1.54, 1.807) is 39.0 Å². The topological polar surface area (TPSA) is 103 Å². The Labute approximate surface area is 211 Å². The van der Waals surface area contributed by atoms with Crippen LogP contribution >= 0.6 is 11.6 Å². The van der Waals surface area contributed by atoms with Crippen LogP contribution in [0.4, 0.5) is 8.78 Å². The van der Waals surface area contributed by atoms with Crippen molar-refractivity contribution < 1.29 is 23.4 Å². The number of amides is 1. The maximum atomic E-state index is 14.2. The number of primary amides is 1. The number of nitrogens with two attached hydrogens (primary N) is 1. The minimum atomic E-state index is -1.95. The van der Waals surface area contributed by atoms with Gasteiger partial charge < -0.3 is 15.6 Å². The van der Waals surface area contributed by atoms with Crippen LogP contribution < -0.4 is 10.5 Å². The predicted molar refractivity (Wildman–Crippen MR) is 132 cm³/mol. The first kappa shape index (κ1) is 25.5. The third-order valence-corrected chi connectivity index (χ3v) is 6.80. The minimum absolute atomic E-state index is 0.0739. The molecule has 2 aromatic carbocycles. The van der Waals surface area contributed by atoms with Crippen molar-refractivity contribution in [2.24, 2.45) is 5.73 Å². The normalized spacial score (nSPS) is 14.0. The van der Waals surface area contributed by atoms with E-state index < -0.39 is 29.1 Å². The van der Waals surface area contributed by atoms with Crippen molar-refractivity contribution in [3.8, 4) is 11.4 Å². The number of aryl methyl sites for hydroxylation is 1. The lowest BCUT2D eigenvalue weighted by molar-refractivity contribution is -0.136. The number of nitrogens with zero attached hydrogens (tertiary/aromatic N) is 3. The molecule has 0 bridgehead atoms. The standard InChI is InChI=1S/C26H25ClF2N4O3/c1-13-8-22(33-15(3)21(29)11-31-33)17-6-5-7-23(24(17)32-13)36-12-19-18(9-16(28)10-20(19)27)14(2)26(4,35)25(30)34/h5-11,14,35H,12H2,1-4H3,(H2,30,34)/t14-,26?/m0/s1. The molecule has 7 nitrogen and oxygen atoms in total. The van der Waals surface area contributed by atoms with Gasteiger partial charge in [-0.25, -0.2) is 18.4 Å². The first-order chi connectivity index (χ1) is 16.9. The van der Waals surface area contributed by atoms with Crippen LogP contribution in [0.5, 0.6) is 5.75 Å². The number of carbonyl (C=O) groups excluding carboxylic acids is 1. The van der Waals surface area contributed by atoms with Crippen LogP contribution in [0.3, 0.4) is 0 Å². The number of hydrogen-bond donors (Lipinski definition) is 2. The molecule has 188 valence electrons. The average Bonchev–Trinajstić information content (AvgIpc) is 3.15. The van der Waals surface area contributed by atoms with E-state index in [2.05, 4.69) is 10.1 Å². The number of aromatic nitrogens is 3. The molecule has 0 fully saturated rings. The second-order valence-electron chi connectivity index (χ2n) is 8.90. The lowest BCUT2D eigenvalue weighted by Crippen LogP contribution is -2.45. The molecule has 0 radical (unpaired) electrons. The van der Waals surface area contributed by atoms with E-state index in [1.165, 1.54) is 17.7 Å². The third-order valence-electron chi connectivity index (χ3n) is 6.46. The van der Waals surface area contributed by atoms with Crippen LogP contribution in [0.1, 0.15) is 42.3 Å². The smallest absolute Gasteiger partial charge is 0.249 e. The van der Waals surface area contributed by atoms with Gasteiger partial charge in [0.2, 0.25) is 5.91 Å². The number of aliphatic hydroxyl groups is 1. The van der Waals surface area contributed by atoms with Gasteiger partial charge in [0, 0.05) is 22.6 Å². The zero-order chi connectivity index (χ0) is 26.4. The van der Waals surface area contributed by atoms with Crippen molar-refractivity contribution in [1.82, 2.24) is 14.8 Å². The number of fused-ring (bicyclic) bond motifs is 1. The largest absolute Gasteiger partial charge is 0.487 e. The second-order valence-corrected chi connectivity index (χ2v) is 9.31. The lowest BCUT2D eigenvalue weighted by atomic mass is 9.82. The van der Waals surface area contributed by atoms with Gasteiger partial charge in [-0.1, -0.05) is 30.7 Å². The van der Waals surface area contributed by atoms with Crippen LogP contribution in [0, 0.1) is 25.5 Å². The van der Waals surface area contributed by atoms with Gasteiger partial charge in [-0.05, 0) is 50.6 Å². The minimum Gasteiger partial charge on any atom is -0.487 e. The van der Waals surface area contributed by atoms with Gasteiger partial charge in [-0.15, -0.1) is 0 Å². The van der Waals surface area contributed by atoms with Gasteiger partial charge in [0.15, 0.2) is 5.82 Å². The molecule has 1 unspecified atom stereocenters. The van der Waals surface area contributed by atoms with Gasteiger partial charge in [0.05, 0.1) is 22.6 Å². The molecule has 0 aliphatic carbocycles. The number of benzene rings is 2. The molecular weight excluding hydrogens is 490 g/mol. The van der Waals surface area contributed by atoms with Crippen LogP contribution in [0.15, 0.2) is 42.6 Å². The zero-order valence-corrected chi connectivity index (χ0v) is 20.9. The fourth-order valence-electron chi connectivity index (χ4n) is 4.08. The Morgan fingerprint density at radius 2 is 2.00 bits per heavy atom. The number of pyridine rings is 1. The summed E-state index contributed by atoms with van der Waals surface area (Å²) >= 11 is 6.36. The summed E-state index contributed by atoms with van der Waals surface area (Å²) in [6.07, 6.45) is 1.15. The molecule has 4 aromatic rings. The summed E-state index contributed by atoms with van der Waals surface area (Å²) in [5.41, 5.74) is 6.26. The van der Waals surface area contributed by atoms with E-state index in [1.807, 2.05) is 6.07 Å². The molecule has 0 saturated heterocycles. The van der Waals surface area contributed by atoms with E-state index in [0.29, 0.717) is 39.3 Å². The molecule has 2 heterocycles. The molecule has 4 rings (SSSR count). The first-order valence-corrected chi connectivity index (χ1v) is 11.5. The van der Waals surface area contributed by atoms with E-state index in [0.717, 1.165) is 12.3 Å². The number of ether oxygens (including phenoxy) is 1. The average molecular weight is 515 g/mol. The first-order valence-electron chi connectivity index (χ1n) is 11.2. The summed E-state index contributed by atoms with van der Waals surface area (Å²) in [6, 6.07) is 9.44. The number of para-hydroxylation sites is 1. The summed E-state index contributed by atoms with van der Waals surface area (Å²) in [7, 11) is 0. The van der Waals surface area contributed by atoms with Gasteiger partial charge >= 0.3 is 0 Å². The number of halogens is 3. The van der Waals surface area contributed by atoms with Crippen LogP contribution in [-0.4, -0.2) is 31.4 Å². The molecule has 36 heavy (non-hydrogen) atoms. The molecule has 3 N–H and O–H groups in total. The van der Waals surface area contributed by atoms with Gasteiger partial charge in [-0.2, -0.15) is 5.10 Å². The Balaban J connectivity index is 1.77. The monoisotopic (exact) mass is 514 g/mol. The van der Waals surface area contributed by atoms with E-state index in [4.69, 9.17) is 22.1 Å². The van der Waals surface area contributed by atoms with E-state index in [9.17, 15) is 18.7 Å². The molecule has 2 aromatic heterocycles. The molecule has 0 saturated carbocycles. The number of rotatable bonds is 7. The second kappa shape index (κ2) is 9.48. The van der Waals surface area contributed by atoms with Gasteiger partial charge in [0.1, 0.15) is 29.3 Å². The molecule has 0 spiro atoms. The molecule has 1 amide bonds. The Kier molecular flexibility index (Phi) is 6.72. The summed E-state index contributed by atoms with van der Waals surface area (Å²) < 4.78 is 35.9. The quantitative estimate of drug-likeness (QED) is 0.365. The van der Waals surface area contributed by atoms with Crippen molar-refractivity contribution in [2.45, 2.75) is 45.8 Å². The number of hydrogen-bond acceptors (Lipinski definition) is 5. The Morgan fingerprint density at radius 3 is 2.64 bits per heavy atom. The maximum Gasteiger partial charge on any atom is 0.249 e. The Morgan fingerprint density at radius 1 is 1.28 bits per heavy atom. The zero-order valence-electron chi connectivity index (χ0n) is 20.1.